The van der Waals surface area contributed by atoms with E-state index in [1.165, 1.54) is 27.8 Å². The summed E-state index contributed by atoms with van der Waals surface area (Å²) >= 11 is 0. The molecule has 0 unspecified atom stereocenters. The van der Waals surface area contributed by atoms with Gasteiger partial charge in [-0.05, 0) is 55.6 Å². The zero-order valence-electron chi connectivity index (χ0n) is 13.0. The average molecular weight is 293 g/mol. The minimum atomic E-state index is 0.0399. The van der Waals surface area contributed by atoms with E-state index in [0.717, 1.165) is 30.9 Å². The van der Waals surface area contributed by atoms with E-state index in [-0.39, 0.29) is 12.3 Å². The molecule has 1 atom stereocenters. The van der Waals surface area contributed by atoms with Crippen molar-refractivity contribution >= 4 is 0 Å². The molecule has 0 radical (unpaired) electrons. The van der Waals surface area contributed by atoms with Gasteiger partial charge in [-0.15, -0.1) is 0 Å². The summed E-state index contributed by atoms with van der Waals surface area (Å²) < 4.78 is 11.8. The summed E-state index contributed by atoms with van der Waals surface area (Å²) in [7, 11) is 2.24. The molecule has 0 fully saturated rings. The van der Waals surface area contributed by atoms with Crippen LogP contribution < -0.4 is 9.47 Å². The van der Waals surface area contributed by atoms with E-state index in [2.05, 4.69) is 49.2 Å². The second-order valence-electron chi connectivity index (χ2n) is 6.79. The Morgan fingerprint density at radius 2 is 1.82 bits per heavy atom. The monoisotopic (exact) mass is 293 g/mol. The summed E-state index contributed by atoms with van der Waals surface area (Å²) in [6, 6.07) is 10.8. The van der Waals surface area contributed by atoms with Crippen LogP contribution in [0.3, 0.4) is 0 Å². The molecular weight excluding hydrogens is 274 g/mol. The van der Waals surface area contributed by atoms with Crippen molar-refractivity contribution in [2.75, 3.05) is 20.4 Å². The molecule has 112 valence electrons. The highest BCUT2D eigenvalue weighted by Gasteiger charge is 2.44. The molecule has 22 heavy (non-hydrogen) atoms. The van der Waals surface area contributed by atoms with Gasteiger partial charge in [0.05, 0.1) is 0 Å². The smallest absolute Gasteiger partial charge is 0.230 e. The lowest BCUT2D eigenvalue weighted by atomic mass is 9.69. The summed E-state index contributed by atoms with van der Waals surface area (Å²) in [6.07, 6.45) is 2.13. The van der Waals surface area contributed by atoms with E-state index in [0.29, 0.717) is 0 Å². The van der Waals surface area contributed by atoms with Gasteiger partial charge in [0.1, 0.15) is 11.5 Å². The average Bonchev–Trinajstić information content (AvgIpc) is 2.71. The van der Waals surface area contributed by atoms with E-state index < -0.39 is 0 Å². The molecule has 0 aromatic heterocycles. The maximum atomic E-state index is 5.91. The van der Waals surface area contributed by atoms with Crippen molar-refractivity contribution in [1.29, 1.82) is 0 Å². The van der Waals surface area contributed by atoms with Gasteiger partial charge in [0.2, 0.25) is 6.79 Å². The molecule has 0 saturated carbocycles. The second kappa shape index (κ2) is 4.05. The Balaban J connectivity index is 1.95. The Bertz CT molecular complexity index is 798. The molecule has 2 aromatic carbocycles. The minimum Gasteiger partial charge on any atom is -0.457 e. The highest BCUT2D eigenvalue weighted by molar-refractivity contribution is 5.86. The van der Waals surface area contributed by atoms with E-state index in [1.807, 2.05) is 0 Å². The minimum absolute atomic E-state index is 0.0399. The molecule has 0 N–H and O–H groups in total. The first kappa shape index (κ1) is 12.5. The molecule has 0 bridgehead atoms. The van der Waals surface area contributed by atoms with Crippen LogP contribution in [-0.4, -0.2) is 25.3 Å². The SMILES string of the molecule is CN1CCc2ccc3c4c2[C@]1(C)Cc1cccc(c1-4)OCO3. The van der Waals surface area contributed by atoms with Crippen LogP contribution in [0.15, 0.2) is 30.3 Å². The first-order valence-electron chi connectivity index (χ1n) is 7.94. The van der Waals surface area contributed by atoms with Crippen molar-refractivity contribution in [3.8, 4) is 22.6 Å². The summed E-state index contributed by atoms with van der Waals surface area (Å²) in [5, 5.41) is 0. The van der Waals surface area contributed by atoms with Crippen LogP contribution in [-0.2, 0) is 18.4 Å². The molecule has 2 heterocycles. The van der Waals surface area contributed by atoms with E-state index in [1.54, 1.807) is 0 Å². The molecular formula is C19H19NO2. The fourth-order valence-corrected chi connectivity index (χ4v) is 4.42. The zero-order valence-corrected chi connectivity index (χ0v) is 13.0. The van der Waals surface area contributed by atoms with Crippen molar-refractivity contribution in [1.82, 2.24) is 4.90 Å². The maximum Gasteiger partial charge on any atom is 0.230 e. The van der Waals surface area contributed by atoms with Crippen LogP contribution in [0.5, 0.6) is 11.5 Å². The lowest BCUT2D eigenvalue weighted by molar-refractivity contribution is 0.120. The lowest BCUT2D eigenvalue weighted by Gasteiger charge is -2.48. The molecule has 3 nitrogen and oxygen atoms in total. The third-order valence-electron chi connectivity index (χ3n) is 5.68. The first-order chi connectivity index (χ1) is 10.7. The van der Waals surface area contributed by atoms with Crippen molar-refractivity contribution in [2.45, 2.75) is 25.3 Å². The van der Waals surface area contributed by atoms with Gasteiger partial charge in [0.25, 0.3) is 0 Å². The molecule has 0 saturated heterocycles. The second-order valence-corrected chi connectivity index (χ2v) is 6.79. The quantitative estimate of drug-likeness (QED) is 0.743. The largest absolute Gasteiger partial charge is 0.457 e. The molecule has 3 heteroatoms. The van der Waals surface area contributed by atoms with Gasteiger partial charge in [0, 0.05) is 23.2 Å². The Labute approximate surface area is 130 Å². The van der Waals surface area contributed by atoms with E-state index in [4.69, 9.17) is 9.47 Å². The van der Waals surface area contributed by atoms with Gasteiger partial charge in [-0.25, -0.2) is 0 Å². The van der Waals surface area contributed by atoms with Crippen LogP contribution in [0.1, 0.15) is 23.6 Å². The highest BCUT2D eigenvalue weighted by Crippen LogP contribution is 2.54. The predicted molar refractivity (Wildman–Crippen MR) is 85.4 cm³/mol. The predicted octanol–water partition coefficient (Wildman–Crippen LogP) is 3.34. The van der Waals surface area contributed by atoms with Gasteiger partial charge in [-0.1, -0.05) is 18.2 Å². The van der Waals surface area contributed by atoms with Crippen molar-refractivity contribution in [3.05, 3.63) is 47.0 Å². The summed E-state index contributed by atoms with van der Waals surface area (Å²) in [5.74, 6) is 1.92. The molecule has 0 spiro atoms. The molecule has 1 aliphatic carbocycles. The van der Waals surface area contributed by atoms with Gasteiger partial charge < -0.3 is 9.47 Å². The Morgan fingerprint density at radius 3 is 2.68 bits per heavy atom. The van der Waals surface area contributed by atoms with Crippen molar-refractivity contribution in [2.24, 2.45) is 0 Å². The number of rotatable bonds is 0. The molecule has 3 aliphatic rings. The van der Waals surface area contributed by atoms with Crippen molar-refractivity contribution < 1.29 is 9.47 Å². The molecule has 5 rings (SSSR count). The van der Waals surface area contributed by atoms with Crippen LogP contribution in [0, 0.1) is 0 Å². The summed E-state index contributed by atoms with van der Waals surface area (Å²) in [4.78, 5) is 2.50. The molecule has 2 aromatic rings. The van der Waals surface area contributed by atoms with Crippen molar-refractivity contribution in [3.63, 3.8) is 0 Å². The number of likely N-dealkylation sites (N-methyl/N-ethyl adjacent to an activating group) is 1. The first-order valence-corrected chi connectivity index (χ1v) is 7.94. The molecule has 2 aliphatic heterocycles. The van der Waals surface area contributed by atoms with Crippen LogP contribution in [0.4, 0.5) is 0 Å². The van der Waals surface area contributed by atoms with E-state index in [9.17, 15) is 0 Å². The fourth-order valence-electron chi connectivity index (χ4n) is 4.42. The summed E-state index contributed by atoms with van der Waals surface area (Å²) in [5.41, 5.74) is 6.83. The third kappa shape index (κ3) is 1.40. The van der Waals surface area contributed by atoms with Crippen LogP contribution in [0.25, 0.3) is 11.1 Å². The number of ether oxygens (including phenoxy) is 2. The molecule has 0 amide bonds. The number of nitrogens with zero attached hydrogens (tertiary/aromatic N) is 1. The van der Waals surface area contributed by atoms with Gasteiger partial charge >= 0.3 is 0 Å². The Morgan fingerprint density at radius 1 is 1.00 bits per heavy atom. The Hall–Kier alpha value is -2.00. The van der Waals surface area contributed by atoms with Crippen LogP contribution >= 0.6 is 0 Å². The fraction of sp³-hybridized carbons (Fsp3) is 0.368. The van der Waals surface area contributed by atoms with Gasteiger partial charge in [0.15, 0.2) is 0 Å². The van der Waals surface area contributed by atoms with E-state index >= 15 is 0 Å². The Kier molecular flexibility index (Phi) is 2.31. The zero-order chi connectivity index (χ0) is 14.9. The van der Waals surface area contributed by atoms with Gasteiger partial charge in [-0.3, -0.25) is 4.90 Å². The number of hydrogen-bond donors (Lipinski definition) is 0. The highest BCUT2D eigenvalue weighted by atomic mass is 16.7. The third-order valence-corrected chi connectivity index (χ3v) is 5.68. The summed E-state index contributed by atoms with van der Waals surface area (Å²) in [6.45, 7) is 3.76. The topological polar surface area (TPSA) is 21.7 Å². The lowest BCUT2D eigenvalue weighted by Crippen LogP contribution is -2.49. The normalized spacial score (nSPS) is 24.8. The van der Waals surface area contributed by atoms with Crippen LogP contribution in [0.2, 0.25) is 0 Å². The standard InChI is InChI=1S/C19H19NO2/c1-19-10-13-4-3-5-14-16(13)17-15(22-11-21-14)7-6-12(18(17)19)8-9-20(19)2/h3-7H,8-11H2,1-2H3/t19-/m0/s1. The number of hydrogen-bond acceptors (Lipinski definition) is 3. The maximum absolute atomic E-state index is 5.91. The number of benzene rings is 2. The van der Waals surface area contributed by atoms with Gasteiger partial charge in [-0.2, -0.15) is 0 Å².